The van der Waals surface area contributed by atoms with E-state index in [9.17, 15) is 53.1 Å². The lowest BCUT2D eigenvalue weighted by Gasteiger charge is -2.29. The van der Waals surface area contributed by atoms with Crippen LogP contribution in [-0.2, 0) is 99.4 Å². The van der Waals surface area contributed by atoms with Gasteiger partial charge in [-0.3, -0.25) is 72.5 Å². The van der Waals surface area contributed by atoms with Gasteiger partial charge >= 0.3 is 0 Å². The number of primary amides is 2. The number of aromatic nitrogens is 2. The first-order chi connectivity index (χ1) is 53.9. The zero-order valence-electron chi connectivity index (χ0n) is 63.8. The number of rotatable bonds is 21. The molecule has 1 aliphatic rings. The van der Waals surface area contributed by atoms with Gasteiger partial charge in [0, 0.05) is 78.7 Å². The van der Waals surface area contributed by atoms with Crippen molar-refractivity contribution in [1.82, 2.24) is 79.1 Å². The number of aromatic amines is 2. The summed E-state index contributed by atoms with van der Waals surface area (Å²) in [6, 6.07) is 12.5. The van der Waals surface area contributed by atoms with Gasteiger partial charge in [0.15, 0.2) is 5.96 Å². The zero-order valence-corrected chi connectivity index (χ0v) is 64.6. The molecule has 14 amide bonds. The Morgan fingerprint density at radius 1 is 0.496 bits per heavy atom. The van der Waals surface area contributed by atoms with Crippen molar-refractivity contribution in [2.75, 3.05) is 31.2 Å². The number of hydrogen-bond donors (Lipinski definition) is 21. The zero-order chi connectivity index (χ0) is 82.6. The highest BCUT2D eigenvalue weighted by Crippen LogP contribution is 2.23. The maximum Gasteiger partial charge on any atom is 0.245 e. The number of carbonyl (C=O) groups is 14. The fourth-order valence-corrected chi connectivity index (χ4v) is 13.4. The van der Waals surface area contributed by atoms with Crippen LogP contribution in [0.3, 0.4) is 0 Å². The van der Waals surface area contributed by atoms with E-state index in [0.717, 1.165) is 17.3 Å². The van der Waals surface area contributed by atoms with E-state index in [1.807, 2.05) is 0 Å². The Hall–Kier alpha value is -11.9. The van der Waals surface area contributed by atoms with Crippen LogP contribution < -0.4 is 92.1 Å². The van der Waals surface area contributed by atoms with Gasteiger partial charge in [-0.2, -0.15) is 0 Å². The van der Waals surface area contributed by atoms with E-state index in [1.54, 1.807) is 157 Å². The Labute approximate surface area is 657 Å². The van der Waals surface area contributed by atoms with Crippen LogP contribution in [0.15, 0.2) is 116 Å². The van der Waals surface area contributed by atoms with Crippen LogP contribution in [0.1, 0.15) is 95.0 Å². The second-order valence-electron chi connectivity index (χ2n) is 28.5. The van der Waals surface area contributed by atoms with Crippen LogP contribution in [0.5, 0.6) is 0 Å². The first-order valence-electron chi connectivity index (χ1n) is 37.2. The molecule has 1 fully saturated rings. The van der Waals surface area contributed by atoms with E-state index in [4.69, 9.17) is 28.3 Å². The average Bonchev–Trinajstić information content (AvgIpc) is 1.72. The molecule has 6 aromatic rings. The Kier molecular flexibility index (Phi) is 33.6. The number of aliphatic hydroxyl groups is 1. The van der Waals surface area contributed by atoms with Gasteiger partial charge in [-0.15, -0.1) is 11.8 Å². The molecule has 0 saturated carbocycles. The molecule has 1 saturated heterocycles. The third-order valence-electron chi connectivity index (χ3n) is 19.1. The predicted molar refractivity (Wildman–Crippen MR) is 422 cm³/mol. The monoisotopic (exact) mass is 1580 g/mol. The molecule has 0 spiro atoms. The van der Waals surface area contributed by atoms with Crippen LogP contribution >= 0.6 is 11.8 Å². The number of benzene rings is 4. The van der Waals surface area contributed by atoms with Gasteiger partial charge in [0.1, 0.15) is 66.5 Å². The highest BCUT2D eigenvalue weighted by Gasteiger charge is 2.39. The molecule has 0 bridgehead atoms. The van der Waals surface area contributed by atoms with Crippen molar-refractivity contribution >= 4 is 122 Å². The minimum atomic E-state index is -1.87. The minimum Gasteiger partial charge on any atom is -0.394 e. The minimum absolute atomic E-state index is 0.0158. The first-order valence-corrected chi connectivity index (χ1v) is 38.4. The number of nitrogens with two attached hydrogens (primary N) is 4. The molecule has 35 nitrogen and oxygen atoms in total. The molecule has 0 radical (unpaired) electrons. The van der Waals surface area contributed by atoms with E-state index in [-0.39, 0.29) is 63.8 Å². The van der Waals surface area contributed by atoms with E-state index < -0.39 is 198 Å². The van der Waals surface area contributed by atoms with Crippen LogP contribution in [-0.4, -0.2) is 201 Å². The van der Waals surface area contributed by atoms with Crippen LogP contribution in [0.25, 0.3) is 21.8 Å². The van der Waals surface area contributed by atoms with E-state index in [0.29, 0.717) is 44.1 Å². The number of amides is 14. The first kappa shape index (κ1) is 88.3. The third-order valence-corrected chi connectivity index (χ3v) is 20.1. The van der Waals surface area contributed by atoms with Gasteiger partial charge in [-0.05, 0) is 70.5 Å². The summed E-state index contributed by atoms with van der Waals surface area (Å²) in [5, 5.41) is 53.4. The summed E-state index contributed by atoms with van der Waals surface area (Å²) in [5.74, 6) is -16.8. The Morgan fingerprint density at radius 2 is 0.929 bits per heavy atom. The number of carbonyl (C=O) groups excluding carboxylic acids is 14. The summed E-state index contributed by atoms with van der Waals surface area (Å²) in [7, 11) is 0. The second kappa shape index (κ2) is 43.0. The van der Waals surface area contributed by atoms with Crippen molar-refractivity contribution in [3.05, 3.63) is 143 Å². The quantitative estimate of drug-likeness (QED) is 0.0202. The molecule has 113 heavy (non-hydrogen) atoms. The number of para-hydroxylation sites is 2. The number of thioether (sulfide) groups is 1. The Morgan fingerprint density at radius 3 is 1.44 bits per heavy atom. The number of hydrogen-bond acceptors (Lipinski definition) is 18. The maximum absolute atomic E-state index is 15.3. The molecule has 3 heterocycles. The number of H-pyrrole nitrogens is 2. The van der Waals surface area contributed by atoms with Gasteiger partial charge in [-0.25, -0.2) is 0 Å². The smallest absolute Gasteiger partial charge is 0.245 e. The maximum atomic E-state index is 15.3. The number of aliphatic hydroxyl groups excluding tert-OH is 1. The Balaban J connectivity index is 1.28. The van der Waals surface area contributed by atoms with Crippen molar-refractivity contribution < 1.29 is 72.2 Å². The van der Waals surface area contributed by atoms with Crippen molar-refractivity contribution in [3.63, 3.8) is 0 Å². The van der Waals surface area contributed by atoms with Gasteiger partial charge in [0.2, 0.25) is 82.7 Å². The average molecular weight is 1580 g/mol. The van der Waals surface area contributed by atoms with Gasteiger partial charge in [0.25, 0.3) is 0 Å². The number of guanidine groups is 1. The molecule has 36 heteroatoms. The van der Waals surface area contributed by atoms with Crippen LogP contribution in [0.4, 0.5) is 0 Å². The third kappa shape index (κ3) is 26.6. The molecule has 4 aromatic carbocycles. The molecule has 0 unspecified atom stereocenters. The number of nitrogens with one attached hydrogen (secondary N) is 16. The molecular formula is C77H104N20O15S. The lowest BCUT2D eigenvalue weighted by Crippen LogP contribution is -2.62. The van der Waals surface area contributed by atoms with Gasteiger partial charge in [-0.1, -0.05) is 139 Å². The molecule has 12 atom stereocenters. The van der Waals surface area contributed by atoms with Crippen molar-refractivity contribution in [2.45, 2.75) is 166 Å². The lowest BCUT2D eigenvalue weighted by atomic mass is 9.96. The van der Waals surface area contributed by atoms with Crippen LogP contribution in [0.2, 0.25) is 0 Å². The summed E-state index contributed by atoms with van der Waals surface area (Å²) in [5.41, 5.74) is 27.3. The molecule has 25 N–H and O–H groups in total. The Bertz CT molecular complexity index is 4360. The summed E-state index contributed by atoms with van der Waals surface area (Å²) < 4.78 is 0. The SMILES string of the molecule is CC[C@H](C)[C@@H]1NC(=O)[C@@H](Cc2ccccc2)NC(=O)CSC[C@@H](C(N)=O)NC(=O)[C@H](C(C)C)NC(=O)[C@H](Cc2c[nH]c3ccccc23)NC(=O)[C@H](Cc2ccc(CN)cc2)NC(=O)[C@H](C(C)C)NC(=O)[C@H](Cc2c[nH]c3ccccc23)NC(=O)[C@H](CC(N)=O)NC(=O)[C@H](CCCNC(=N)N)NC(=O)CNC(=O)[C@H](CO)NC1=O. The fourth-order valence-electron chi connectivity index (χ4n) is 12.5. The second-order valence-corrected chi connectivity index (χ2v) is 29.5. The summed E-state index contributed by atoms with van der Waals surface area (Å²) >= 11 is 0.860. The molecule has 7 rings (SSSR count). The molecule has 0 aliphatic carbocycles. The molecular weight excluding hydrogens is 1480 g/mol. The highest BCUT2D eigenvalue weighted by molar-refractivity contribution is 8.00. The van der Waals surface area contributed by atoms with E-state index in [1.165, 1.54) is 0 Å². The summed E-state index contributed by atoms with van der Waals surface area (Å²) in [6.45, 7) is 8.00. The van der Waals surface area contributed by atoms with Crippen molar-refractivity contribution in [3.8, 4) is 0 Å². The molecule has 2 aromatic heterocycles. The van der Waals surface area contributed by atoms with Gasteiger partial charge < -0.3 is 107 Å². The highest BCUT2D eigenvalue weighted by atomic mass is 32.2. The summed E-state index contributed by atoms with van der Waals surface area (Å²) in [6.07, 6.45) is 1.59. The van der Waals surface area contributed by atoms with Crippen LogP contribution in [0, 0.1) is 23.2 Å². The molecule has 608 valence electrons. The molecule has 1 aliphatic heterocycles. The summed E-state index contributed by atoms with van der Waals surface area (Å²) in [4.78, 5) is 207. The number of fused-ring (bicyclic) bond motifs is 2. The standard InChI is InChI=1S/C77H104N20O15S/c1-7-42(6)65-76(112)93-58(37-98)67(103)86-36-61(100)87-52(22-15-27-83-77(81)82)68(104)91-57(32-60(79)99)70(106)90-56(31-47-35-85-51-21-14-12-19-49(47)51)73(109)95-63(40(2)3)74(110)92-54(29-44-23-25-45(33-78)26-24-44)69(105)89-55(30-46-34-84-50-20-13-11-18-48(46)50)72(108)96-64(41(4)5)75(111)94-59(66(80)102)38-113-39-62(101)88-53(71(107)97-65)28-43-16-9-8-10-17-43/h8-14,16-21,23-26,34-35,40-42,52-59,63-65,84-85,98H,7,15,22,27-33,36-39,78H2,1-6H3,(H2,79,99)(H2,80,102)(H,86,103)(H,87,100)(H,88,101)(H,89,105)(H,90,106)(H,91,104)(H,92,110)(H,93,112)(H,94,111)(H,95,109)(H,96,108)(H,97,107)(H4,81,82,83)/t42-,52-,53+,54-,55-,56-,57-,58-,59-,63-,64-,65-/m0/s1. The normalized spacial score (nSPS) is 23.0. The fraction of sp³-hybridized carbons (Fsp3) is 0.442. The van der Waals surface area contributed by atoms with Crippen molar-refractivity contribution in [1.29, 1.82) is 5.41 Å². The van der Waals surface area contributed by atoms with Crippen molar-refractivity contribution in [2.24, 2.45) is 40.7 Å². The largest absolute Gasteiger partial charge is 0.394 e. The lowest BCUT2D eigenvalue weighted by molar-refractivity contribution is -0.137. The van der Waals surface area contributed by atoms with E-state index in [2.05, 4.69) is 79.1 Å². The predicted octanol–water partition coefficient (Wildman–Crippen LogP) is -2.45. The van der Waals surface area contributed by atoms with E-state index >= 15 is 19.2 Å². The topological polar surface area (TPSA) is 575 Å². The van der Waals surface area contributed by atoms with Gasteiger partial charge in [0.05, 0.1) is 25.3 Å².